The monoisotopic (exact) mass is 776 g/mol. The Morgan fingerprint density at radius 1 is 0.857 bits per heavy atom. The molecule has 0 spiro atoms. The molecule has 0 saturated heterocycles. The lowest BCUT2D eigenvalue weighted by Crippen LogP contribution is -2.54. The van der Waals surface area contributed by atoms with Crippen molar-refractivity contribution in [2.45, 2.75) is 123 Å². The standard InChI is InChI=1S/C26H37N3O4.C17H23NO5/c1-6-26(4)25(31)28(13-10-14-32-5)22-16-21(19(17-27)15-23(22)33-26)24(30)29(18(2)3)20-11-8-7-9-12-20;1-5-17(2)16(20)18(9-6-10-21-3)13-11-12(15(19)22-4)7-8-14(13)23-17/h15-16,18,20H,6-14H2,1-5H3;7-8,11H,5-6,9-10H2,1-4H3. The summed E-state index contributed by atoms with van der Waals surface area (Å²) in [4.78, 5) is 57.0. The molecule has 0 radical (unpaired) electrons. The number of nitrogens with zero attached hydrogens (tertiary/aromatic N) is 4. The highest BCUT2D eigenvalue weighted by Gasteiger charge is 2.45. The van der Waals surface area contributed by atoms with Crippen molar-refractivity contribution in [3.63, 3.8) is 0 Å². The van der Waals surface area contributed by atoms with Gasteiger partial charge in [0.05, 0.1) is 35.2 Å². The number of ether oxygens (including phenoxy) is 5. The first-order chi connectivity index (χ1) is 26.7. The summed E-state index contributed by atoms with van der Waals surface area (Å²) in [6.07, 6.45) is 7.80. The van der Waals surface area contributed by atoms with Gasteiger partial charge < -0.3 is 38.4 Å². The van der Waals surface area contributed by atoms with Crippen molar-refractivity contribution in [3.8, 4) is 17.6 Å². The van der Waals surface area contributed by atoms with Crippen LogP contribution in [0.25, 0.3) is 0 Å². The van der Waals surface area contributed by atoms with Gasteiger partial charge in [-0.25, -0.2) is 4.79 Å². The molecule has 2 unspecified atom stereocenters. The van der Waals surface area contributed by atoms with Crippen LogP contribution in [0.5, 0.6) is 11.5 Å². The summed E-state index contributed by atoms with van der Waals surface area (Å²) in [5.74, 6) is 0.234. The molecule has 13 heteroatoms. The first kappa shape index (κ1) is 44.0. The van der Waals surface area contributed by atoms with Gasteiger partial charge in [-0.2, -0.15) is 5.26 Å². The van der Waals surface area contributed by atoms with Gasteiger partial charge in [0, 0.05) is 58.7 Å². The minimum Gasteiger partial charge on any atom is -0.476 e. The Hall–Kier alpha value is -4.67. The lowest BCUT2D eigenvalue weighted by molar-refractivity contribution is -0.134. The van der Waals surface area contributed by atoms with Gasteiger partial charge in [-0.15, -0.1) is 0 Å². The Morgan fingerprint density at radius 3 is 1.88 bits per heavy atom. The Balaban J connectivity index is 0.000000265. The maximum absolute atomic E-state index is 13.8. The van der Waals surface area contributed by atoms with Crippen LogP contribution >= 0.6 is 0 Å². The molecule has 0 aromatic heterocycles. The van der Waals surface area contributed by atoms with Crippen LogP contribution in [0.3, 0.4) is 0 Å². The molecule has 1 fully saturated rings. The number of nitriles is 1. The van der Waals surface area contributed by atoms with Gasteiger partial charge in [-0.05, 0) is 90.5 Å². The molecule has 0 N–H and O–H groups in total. The number of amides is 3. The molecule has 3 amide bonds. The largest absolute Gasteiger partial charge is 0.476 e. The zero-order valence-corrected chi connectivity index (χ0v) is 34.7. The second-order valence-electron chi connectivity index (χ2n) is 15.2. The van der Waals surface area contributed by atoms with Gasteiger partial charge in [-0.3, -0.25) is 14.4 Å². The molecule has 306 valence electrons. The van der Waals surface area contributed by atoms with Crippen molar-refractivity contribution < 1.29 is 42.9 Å². The number of fused-ring (bicyclic) bond motifs is 2. The third-order valence-corrected chi connectivity index (χ3v) is 11.0. The summed E-state index contributed by atoms with van der Waals surface area (Å²) in [6, 6.07) is 10.7. The molecule has 3 aliphatic rings. The quantitative estimate of drug-likeness (QED) is 0.144. The number of rotatable bonds is 14. The van der Waals surface area contributed by atoms with E-state index < -0.39 is 17.2 Å². The van der Waals surface area contributed by atoms with Crippen molar-refractivity contribution in [1.29, 1.82) is 5.26 Å². The summed E-state index contributed by atoms with van der Waals surface area (Å²) >= 11 is 0. The van der Waals surface area contributed by atoms with E-state index >= 15 is 0 Å². The second-order valence-corrected chi connectivity index (χ2v) is 15.2. The summed E-state index contributed by atoms with van der Waals surface area (Å²) in [7, 11) is 4.58. The van der Waals surface area contributed by atoms with Crippen LogP contribution in [0.1, 0.15) is 126 Å². The van der Waals surface area contributed by atoms with Gasteiger partial charge in [0.1, 0.15) is 17.6 Å². The summed E-state index contributed by atoms with van der Waals surface area (Å²) in [5.41, 5.74) is 0.252. The molecule has 5 rings (SSSR count). The molecule has 13 nitrogen and oxygen atoms in total. The predicted molar refractivity (Wildman–Crippen MR) is 213 cm³/mol. The number of anilines is 2. The van der Waals surface area contributed by atoms with Crippen molar-refractivity contribution >= 4 is 35.1 Å². The Bertz CT molecular complexity index is 1770. The molecule has 0 bridgehead atoms. The van der Waals surface area contributed by atoms with E-state index in [-0.39, 0.29) is 35.4 Å². The number of carbonyl (C=O) groups is 4. The first-order valence-electron chi connectivity index (χ1n) is 19.9. The first-order valence-corrected chi connectivity index (χ1v) is 19.9. The highest BCUT2D eigenvalue weighted by Crippen LogP contribution is 2.42. The van der Waals surface area contributed by atoms with Crippen LogP contribution in [0.15, 0.2) is 30.3 Å². The zero-order valence-electron chi connectivity index (χ0n) is 34.7. The number of methoxy groups -OCH3 is 3. The number of hydrogen-bond acceptors (Lipinski definition) is 10. The highest BCUT2D eigenvalue weighted by atomic mass is 16.5. The number of benzene rings is 2. The lowest BCUT2D eigenvalue weighted by atomic mass is 9.92. The van der Waals surface area contributed by atoms with Gasteiger partial charge in [0.2, 0.25) is 0 Å². The Morgan fingerprint density at radius 2 is 1.39 bits per heavy atom. The van der Waals surface area contributed by atoms with Crippen LogP contribution in [-0.2, 0) is 23.8 Å². The van der Waals surface area contributed by atoms with Gasteiger partial charge in [-0.1, -0.05) is 33.1 Å². The van der Waals surface area contributed by atoms with E-state index in [1.807, 2.05) is 32.6 Å². The van der Waals surface area contributed by atoms with Crippen LogP contribution in [-0.4, -0.2) is 99.5 Å². The number of hydrogen-bond donors (Lipinski definition) is 0. The van der Waals surface area contributed by atoms with Crippen molar-refractivity contribution in [1.82, 2.24) is 4.90 Å². The summed E-state index contributed by atoms with van der Waals surface area (Å²) in [6.45, 7) is 13.5. The fourth-order valence-electron chi connectivity index (χ4n) is 7.50. The summed E-state index contributed by atoms with van der Waals surface area (Å²) in [5, 5.41) is 9.90. The number of esters is 1. The average molecular weight is 777 g/mol. The lowest BCUT2D eigenvalue weighted by Gasteiger charge is -2.41. The van der Waals surface area contributed by atoms with E-state index in [4.69, 9.17) is 23.7 Å². The van der Waals surface area contributed by atoms with E-state index in [9.17, 15) is 24.4 Å². The Labute approximate surface area is 332 Å². The van der Waals surface area contributed by atoms with Crippen LogP contribution in [0.4, 0.5) is 11.4 Å². The zero-order chi connectivity index (χ0) is 41.2. The molecule has 2 atom stereocenters. The van der Waals surface area contributed by atoms with E-state index in [1.165, 1.54) is 13.5 Å². The molecule has 2 aromatic rings. The third-order valence-electron chi connectivity index (χ3n) is 11.0. The minimum atomic E-state index is -1.01. The molecule has 2 aliphatic heterocycles. The van der Waals surface area contributed by atoms with E-state index in [0.717, 1.165) is 25.7 Å². The number of carbonyl (C=O) groups excluding carboxylic acids is 4. The van der Waals surface area contributed by atoms with Crippen molar-refractivity contribution in [2.24, 2.45) is 0 Å². The minimum absolute atomic E-state index is 0.0160. The van der Waals surface area contributed by atoms with Crippen LogP contribution in [0, 0.1) is 11.3 Å². The van der Waals surface area contributed by atoms with E-state index in [2.05, 4.69) is 6.07 Å². The predicted octanol–water partition coefficient (Wildman–Crippen LogP) is 7.08. The topological polar surface area (TPSA) is 148 Å². The van der Waals surface area contributed by atoms with Gasteiger partial charge in [0.25, 0.3) is 17.7 Å². The fourth-order valence-corrected chi connectivity index (χ4v) is 7.50. The van der Waals surface area contributed by atoms with Crippen LogP contribution < -0.4 is 19.3 Å². The maximum Gasteiger partial charge on any atom is 0.337 e. The smallest absolute Gasteiger partial charge is 0.337 e. The van der Waals surface area contributed by atoms with Gasteiger partial charge >= 0.3 is 5.97 Å². The Kier molecular flexibility index (Phi) is 15.3. The van der Waals surface area contributed by atoms with E-state index in [0.29, 0.717) is 86.0 Å². The fraction of sp³-hybridized carbons (Fsp3) is 0.605. The molecular formula is C43H60N4O9. The van der Waals surface area contributed by atoms with Crippen LogP contribution in [0.2, 0.25) is 0 Å². The molecular weight excluding hydrogens is 716 g/mol. The molecule has 2 heterocycles. The van der Waals surface area contributed by atoms with Gasteiger partial charge in [0.15, 0.2) is 11.2 Å². The maximum atomic E-state index is 13.8. The molecule has 2 aromatic carbocycles. The normalized spacial score (nSPS) is 20.5. The second kappa shape index (κ2) is 19.5. The van der Waals surface area contributed by atoms with E-state index in [1.54, 1.807) is 68.2 Å². The summed E-state index contributed by atoms with van der Waals surface area (Å²) < 4.78 is 27.0. The van der Waals surface area contributed by atoms with Crippen molar-refractivity contribution in [3.05, 3.63) is 47.0 Å². The third kappa shape index (κ3) is 9.47. The molecule has 1 saturated carbocycles. The SMILES string of the molecule is CCC1(C)Oc2cc(C#N)c(C(=O)N(C(C)C)C3CCCCC3)cc2N(CCCOC)C1=O.CCC1(C)Oc2ccc(C(=O)OC)cc2N(CCCOC)C1=O. The molecule has 1 aliphatic carbocycles. The highest BCUT2D eigenvalue weighted by molar-refractivity contribution is 6.06. The van der Waals surface area contributed by atoms with Crippen molar-refractivity contribution in [2.75, 3.05) is 57.4 Å². The molecule has 56 heavy (non-hydrogen) atoms. The average Bonchev–Trinajstić information content (AvgIpc) is 3.20.